The van der Waals surface area contributed by atoms with Crippen molar-refractivity contribution in [2.24, 2.45) is 0 Å². The Kier molecular flexibility index (Phi) is 6.39. The summed E-state index contributed by atoms with van der Waals surface area (Å²) in [6.07, 6.45) is 0. The number of aryl methyl sites for hydroxylation is 2. The average Bonchev–Trinajstić information content (AvgIpc) is 3.18. The van der Waals surface area contributed by atoms with Crippen molar-refractivity contribution in [2.45, 2.75) is 13.8 Å². The van der Waals surface area contributed by atoms with E-state index in [4.69, 9.17) is 33.0 Å². The maximum atomic E-state index is 12.1. The summed E-state index contributed by atoms with van der Waals surface area (Å²) in [6, 6.07) is 18.3. The Morgan fingerprint density at radius 1 is 1.06 bits per heavy atom. The Morgan fingerprint density at radius 2 is 1.84 bits per heavy atom. The van der Waals surface area contributed by atoms with Crippen LogP contribution in [0, 0.1) is 13.8 Å². The summed E-state index contributed by atoms with van der Waals surface area (Å²) in [5.41, 5.74) is 5.33. The predicted octanol–water partition coefficient (Wildman–Crippen LogP) is 5.66. The lowest BCUT2D eigenvalue weighted by Gasteiger charge is -2.10. The molecule has 3 aromatic carbocycles. The van der Waals surface area contributed by atoms with Gasteiger partial charge in [0.25, 0.3) is 5.91 Å². The van der Waals surface area contributed by atoms with E-state index in [1.807, 2.05) is 24.3 Å². The number of nitrogens with zero attached hydrogens (tertiary/aromatic N) is 1. The van der Waals surface area contributed by atoms with Crippen LogP contribution in [0.4, 0.5) is 5.69 Å². The first kappa shape index (κ1) is 21.8. The Morgan fingerprint density at radius 3 is 2.59 bits per heavy atom. The van der Waals surface area contributed by atoms with E-state index in [1.54, 1.807) is 30.3 Å². The summed E-state index contributed by atoms with van der Waals surface area (Å²) < 4.78 is 11.3. The van der Waals surface area contributed by atoms with Gasteiger partial charge in [0.05, 0.1) is 0 Å². The Hall–Kier alpha value is -3.42. The fourth-order valence-electron chi connectivity index (χ4n) is 3.01. The first-order chi connectivity index (χ1) is 15.4. The maximum Gasteiger partial charge on any atom is 0.264 e. The topological polar surface area (TPSA) is 76.4 Å². The number of anilines is 1. The molecule has 0 bridgehead atoms. The van der Waals surface area contributed by atoms with Crippen molar-refractivity contribution in [2.75, 3.05) is 11.9 Å². The second-order valence-electron chi connectivity index (χ2n) is 7.25. The van der Waals surface area contributed by atoms with Gasteiger partial charge in [0, 0.05) is 16.3 Å². The number of oxazole rings is 1. The minimum Gasteiger partial charge on any atom is -0.484 e. The smallest absolute Gasteiger partial charge is 0.264 e. The van der Waals surface area contributed by atoms with Gasteiger partial charge in [-0.2, -0.15) is 0 Å². The summed E-state index contributed by atoms with van der Waals surface area (Å²) in [5, 5.41) is 6.32. The van der Waals surface area contributed by atoms with Gasteiger partial charge < -0.3 is 14.5 Å². The number of fused-ring (bicyclic) bond motifs is 1. The van der Waals surface area contributed by atoms with Gasteiger partial charge in [0.15, 0.2) is 17.3 Å². The van der Waals surface area contributed by atoms with Crippen molar-refractivity contribution in [1.29, 1.82) is 0 Å². The molecule has 32 heavy (non-hydrogen) atoms. The molecular formula is C24H20ClN3O3S. The van der Waals surface area contributed by atoms with Crippen LogP contribution < -0.4 is 15.4 Å². The first-order valence-electron chi connectivity index (χ1n) is 9.85. The van der Waals surface area contributed by atoms with Crippen LogP contribution in [0.15, 0.2) is 65.1 Å². The van der Waals surface area contributed by atoms with E-state index in [2.05, 4.69) is 35.5 Å². The third-order valence-electron chi connectivity index (χ3n) is 4.84. The zero-order valence-electron chi connectivity index (χ0n) is 17.4. The zero-order chi connectivity index (χ0) is 22.7. The molecule has 0 aliphatic heterocycles. The molecule has 0 atom stereocenters. The van der Waals surface area contributed by atoms with Gasteiger partial charge in [0.1, 0.15) is 11.3 Å². The fourth-order valence-corrected chi connectivity index (χ4v) is 3.37. The number of aromatic nitrogens is 1. The highest BCUT2D eigenvalue weighted by Crippen LogP contribution is 2.27. The SMILES string of the molecule is Cc1ccc(-c2nc3cc(NC(=S)NC(=O)COc4ccc(Cl)cc4)ccc3o2)cc1C. The molecule has 0 fully saturated rings. The maximum absolute atomic E-state index is 12.1. The van der Waals surface area contributed by atoms with E-state index in [-0.39, 0.29) is 17.6 Å². The van der Waals surface area contributed by atoms with E-state index in [0.29, 0.717) is 33.4 Å². The molecule has 6 nitrogen and oxygen atoms in total. The van der Waals surface area contributed by atoms with Gasteiger partial charge in [-0.25, -0.2) is 4.98 Å². The lowest BCUT2D eigenvalue weighted by Crippen LogP contribution is -2.37. The molecular weight excluding hydrogens is 446 g/mol. The van der Waals surface area contributed by atoms with Gasteiger partial charge in [0.2, 0.25) is 5.89 Å². The Labute approximate surface area is 195 Å². The fraction of sp³-hybridized carbons (Fsp3) is 0.125. The number of nitrogens with one attached hydrogen (secondary N) is 2. The monoisotopic (exact) mass is 465 g/mol. The summed E-state index contributed by atoms with van der Waals surface area (Å²) in [6.45, 7) is 3.94. The molecule has 0 aliphatic carbocycles. The largest absolute Gasteiger partial charge is 0.484 e. The number of rotatable bonds is 5. The van der Waals surface area contributed by atoms with Gasteiger partial charge in [-0.05, 0) is 91.8 Å². The number of halogens is 1. The number of benzene rings is 3. The summed E-state index contributed by atoms with van der Waals surface area (Å²) in [5.74, 6) is 0.715. The van der Waals surface area contributed by atoms with Crippen molar-refractivity contribution in [3.05, 3.63) is 76.8 Å². The van der Waals surface area contributed by atoms with E-state index >= 15 is 0 Å². The van der Waals surface area contributed by atoms with E-state index in [0.717, 1.165) is 5.56 Å². The highest BCUT2D eigenvalue weighted by Gasteiger charge is 2.11. The van der Waals surface area contributed by atoms with E-state index < -0.39 is 0 Å². The number of hydrogen-bond donors (Lipinski definition) is 2. The summed E-state index contributed by atoms with van der Waals surface area (Å²) in [7, 11) is 0. The van der Waals surface area contributed by atoms with Crippen LogP contribution in [0.1, 0.15) is 11.1 Å². The standard InChI is InChI=1S/C24H20ClN3O3S/c1-14-3-4-16(11-15(14)2)23-27-20-12-18(7-10-21(20)31-23)26-24(32)28-22(29)13-30-19-8-5-17(25)6-9-19/h3-12H,13H2,1-2H3,(H2,26,28,29,32). The molecule has 0 unspecified atom stereocenters. The van der Waals surface area contributed by atoms with Crippen molar-refractivity contribution in [3.8, 4) is 17.2 Å². The lowest BCUT2D eigenvalue weighted by molar-refractivity contribution is -0.121. The van der Waals surface area contributed by atoms with Crippen LogP contribution in [0.25, 0.3) is 22.6 Å². The van der Waals surface area contributed by atoms with Crippen LogP contribution in [0.2, 0.25) is 5.02 Å². The predicted molar refractivity (Wildman–Crippen MR) is 130 cm³/mol. The highest BCUT2D eigenvalue weighted by atomic mass is 35.5. The van der Waals surface area contributed by atoms with Gasteiger partial charge in [-0.1, -0.05) is 17.7 Å². The van der Waals surface area contributed by atoms with Crippen LogP contribution in [-0.4, -0.2) is 22.6 Å². The number of amides is 1. The second-order valence-corrected chi connectivity index (χ2v) is 8.09. The first-order valence-corrected chi connectivity index (χ1v) is 10.6. The quantitative estimate of drug-likeness (QED) is 0.370. The van der Waals surface area contributed by atoms with Crippen LogP contribution in [-0.2, 0) is 4.79 Å². The van der Waals surface area contributed by atoms with Crippen LogP contribution in [0.3, 0.4) is 0 Å². The molecule has 1 amide bonds. The van der Waals surface area contributed by atoms with E-state index in [9.17, 15) is 4.79 Å². The molecule has 0 aliphatic rings. The van der Waals surface area contributed by atoms with Crippen molar-refractivity contribution in [3.63, 3.8) is 0 Å². The van der Waals surface area contributed by atoms with Gasteiger partial charge in [-0.15, -0.1) is 0 Å². The molecule has 0 saturated carbocycles. The number of carbonyl (C=O) groups excluding carboxylic acids is 1. The lowest BCUT2D eigenvalue weighted by atomic mass is 10.1. The molecule has 0 spiro atoms. The highest BCUT2D eigenvalue weighted by molar-refractivity contribution is 7.80. The second kappa shape index (κ2) is 9.38. The van der Waals surface area contributed by atoms with Gasteiger partial charge >= 0.3 is 0 Å². The van der Waals surface area contributed by atoms with E-state index in [1.165, 1.54) is 11.1 Å². The Balaban J connectivity index is 1.37. The van der Waals surface area contributed by atoms with Gasteiger partial charge in [-0.3, -0.25) is 10.1 Å². The zero-order valence-corrected chi connectivity index (χ0v) is 19.0. The average molecular weight is 466 g/mol. The molecule has 1 heterocycles. The van der Waals surface area contributed by atoms with Crippen LogP contribution in [0.5, 0.6) is 5.75 Å². The van der Waals surface area contributed by atoms with Crippen LogP contribution >= 0.6 is 23.8 Å². The third-order valence-corrected chi connectivity index (χ3v) is 5.29. The number of thiocarbonyl (C=S) groups is 1. The van der Waals surface area contributed by atoms with Crippen molar-refractivity contribution < 1.29 is 13.9 Å². The summed E-state index contributed by atoms with van der Waals surface area (Å²) >= 11 is 11.1. The third kappa shape index (κ3) is 5.25. The molecule has 0 saturated heterocycles. The molecule has 0 radical (unpaired) electrons. The summed E-state index contributed by atoms with van der Waals surface area (Å²) in [4.78, 5) is 16.7. The molecule has 2 N–H and O–H groups in total. The number of hydrogen-bond acceptors (Lipinski definition) is 5. The molecule has 1 aromatic heterocycles. The van der Waals surface area contributed by atoms with Crippen molar-refractivity contribution >= 4 is 51.6 Å². The number of carbonyl (C=O) groups is 1. The Bertz CT molecular complexity index is 1300. The molecule has 162 valence electrons. The molecule has 4 aromatic rings. The molecule has 8 heteroatoms. The number of ether oxygens (including phenoxy) is 1. The molecule has 4 rings (SSSR count). The minimum absolute atomic E-state index is 0.159. The normalized spacial score (nSPS) is 10.7. The minimum atomic E-state index is -0.378. The van der Waals surface area contributed by atoms with Crippen molar-refractivity contribution in [1.82, 2.24) is 10.3 Å².